The monoisotopic (exact) mass is 452 g/mol. The summed E-state index contributed by atoms with van der Waals surface area (Å²) in [5.74, 6) is 0.744. The molecule has 6 nitrogen and oxygen atoms in total. The van der Waals surface area contributed by atoms with Crippen LogP contribution in [0.1, 0.15) is 49.8 Å². The molecule has 2 aliphatic rings. The summed E-state index contributed by atoms with van der Waals surface area (Å²) in [7, 11) is 3.92. The van der Waals surface area contributed by atoms with Crippen LogP contribution in [0.2, 0.25) is 0 Å². The maximum Gasteiger partial charge on any atom is 0.229 e. The summed E-state index contributed by atoms with van der Waals surface area (Å²) in [5.41, 5.74) is 1.29. The van der Waals surface area contributed by atoms with Gasteiger partial charge in [0.2, 0.25) is 11.8 Å². The van der Waals surface area contributed by atoms with E-state index in [2.05, 4.69) is 11.1 Å². The predicted octanol–water partition coefficient (Wildman–Crippen LogP) is 3.82. The fourth-order valence-corrected chi connectivity index (χ4v) is 5.30. The maximum atomic E-state index is 14.2. The number of piperidine rings is 1. The van der Waals surface area contributed by atoms with E-state index in [1.165, 1.54) is 12.1 Å². The quantitative estimate of drug-likeness (QED) is 0.692. The Hall–Kier alpha value is -2.96. The molecule has 2 saturated heterocycles. The molecular weight excluding hydrogens is 419 g/mol. The first-order chi connectivity index (χ1) is 15.8. The van der Waals surface area contributed by atoms with Gasteiger partial charge in [0.25, 0.3) is 0 Å². The molecule has 33 heavy (non-hydrogen) atoms. The first kappa shape index (κ1) is 23.2. The van der Waals surface area contributed by atoms with E-state index < -0.39 is 5.41 Å². The SMILES string of the molecule is CC(=O)N1CCC(Cc2cccc(F)c2)(C(=O)N2CCCC2c2ccnc(N(C)C)c2)CC1. The van der Waals surface area contributed by atoms with Gasteiger partial charge in [-0.05, 0) is 67.5 Å². The second-order valence-corrected chi connectivity index (χ2v) is 9.59. The van der Waals surface area contributed by atoms with Crippen molar-refractivity contribution in [3.8, 4) is 0 Å². The zero-order valence-corrected chi connectivity index (χ0v) is 19.8. The van der Waals surface area contributed by atoms with Gasteiger partial charge in [-0.3, -0.25) is 9.59 Å². The first-order valence-electron chi connectivity index (χ1n) is 11.7. The minimum Gasteiger partial charge on any atom is -0.363 e. The molecular formula is C26H33FN4O2. The molecule has 2 amide bonds. The highest BCUT2D eigenvalue weighted by Gasteiger charge is 2.46. The first-order valence-corrected chi connectivity index (χ1v) is 11.7. The number of carbonyl (C=O) groups is 2. The van der Waals surface area contributed by atoms with E-state index in [-0.39, 0.29) is 23.7 Å². The number of amides is 2. The van der Waals surface area contributed by atoms with Crippen LogP contribution in [0.5, 0.6) is 0 Å². The number of carbonyl (C=O) groups excluding carboxylic acids is 2. The lowest BCUT2D eigenvalue weighted by molar-refractivity contribution is -0.149. The Morgan fingerprint density at radius 2 is 1.91 bits per heavy atom. The molecule has 0 aliphatic carbocycles. The van der Waals surface area contributed by atoms with E-state index in [4.69, 9.17) is 0 Å². The normalized spacial score (nSPS) is 20.1. The third kappa shape index (κ3) is 4.87. The van der Waals surface area contributed by atoms with Gasteiger partial charge in [0.05, 0.1) is 11.5 Å². The van der Waals surface area contributed by atoms with Crippen LogP contribution in [0.3, 0.4) is 0 Å². The van der Waals surface area contributed by atoms with E-state index in [1.807, 2.05) is 40.9 Å². The number of nitrogens with zero attached hydrogens (tertiary/aromatic N) is 4. The number of hydrogen-bond donors (Lipinski definition) is 0. The van der Waals surface area contributed by atoms with Crippen LogP contribution in [0, 0.1) is 11.2 Å². The number of likely N-dealkylation sites (tertiary alicyclic amines) is 2. The zero-order chi connectivity index (χ0) is 23.6. The molecule has 1 atom stereocenters. The minimum absolute atomic E-state index is 0.00872. The lowest BCUT2D eigenvalue weighted by Gasteiger charge is -2.43. The van der Waals surface area contributed by atoms with Crippen molar-refractivity contribution in [2.45, 2.75) is 45.1 Å². The molecule has 176 valence electrons. The fraction of sp³-hybridized carbons (Fsp3) is 0.500. The molecule has 3 heterocycles. The Morgan fingerprint density at radius 1 is 1.15 bits per heavy atom. The smallest absolute Gasteiger partial charge is 0.229 e. The van der Waals surface area contributed by atoms with Crippen LogP contribution >= 0.6 is 0 Å². The molecule has 1 aromatic carbocycles. The summed E-state index contributed by atoms with van der Waals surface area (Å²) in [5, 5.41) is 0. The van der Waals surface area contributed by atoms with Gasteiger partial charge >= 0.3 is 0 Å². The number of benzene rings is 1. The van der Waals surface area contributed by atoms with Crippen molar-refractivity contribution in [3.63, 3.8) is 0 Å². The van der Waals surface area contributed by atoms with Crippen molar-refractivity contribution in [2.24, 2.45) is 5.41 Å². The molecule has 2 fully saturated rings. The second-order valence-electron chi connectivity index (χ2n) is 9.59. The Morgan fingerprint density at radius 3 is 2.58 bits per heavy atom. The van der Waals surface area contributed by atoms with Gasteiger partial charge in [-0.25, -0.2) is 9.37 Å². The van der Waals surface area contributed by atoms with Gasteiger partial charge in [-0.2, -0.15) is 0 Å². The Balaban J connectivity index is 1.64. The van der Waals surface area contributed by atoms with E-state index in [0.717, 1.165) is 29.8 Å². The highest BCUT2D eigenvalue weighted by Crippen LogP contribution is 2.42. The topological polar surface area (TPSA) is 56.8 Å². The van der Waals surface area contributed by atoms with Crippen molar-refractivity contribution in [3.05, 3.63) is 59.5 Å². The number of aromatic nitrogens is 1. The average molecular weight is 453 g/mol. The van der Waals surface area contributed by atoms with Crippen molar-refractivity contribution >= 4 is 17.6 Å². The van der Waals surface area contributed by atoms with Crippen molar-refractivity contribution in [2.75, 3.05) is 38.6 Å². The van der Waals surface area contributed by atoms with Crippen molar-refractivity contribution in [1.82, 2.24) is 14.8 Å². The molecule has 0 spiro atoms. The van der Waals surface area contributed by atoms with Gasteiger partial charge in [-0.15, -0.1) is 0 Å². The molecule has 4 rings (SSSR count). The number of pyridine rings is 1. The largest absolute Gasteiger partial charge is 0.363 e. The van der Waals surface area contributed by atoms with E-state index in [1.54, 1.807) is 19.2 Å². The molecule has 0 N–H and O–H groups in total. The van der Waals surface area contributed by atoms with Crippen LogP contribution in [0.4, 0.5) is 10.2 Å². The molecule has 1 unspecified atom stereocenters. The molecule has 0 radical (unpaired) electrons. The van der Waals surface area contributed by atoms with Gasteiger partial charge in [0, 0.05) is 46.9 Å². The number of rotatable bonds is 5. The second kappa shape index (κ2) is 9.49. The third-order valence-corrected chi connectivity index (χ3v) is 7.18. The summed E-state index contributed by atoms with van der Waals surface area (Å²) in [6.45, 7) is 3.39. The molecule has 0 saturated carbocycles. The van der Waals surface area contributed by atoms with Crippen molar-refractivity contribution in [1.29, 1.82) is 0 Å². The molecule has 1 aromatic heterocycles. The van der Waals surface area contributed by atoms with Gasteiger partial charge < -0.3 is 14.7 Å². The van der Waals surface area contributed by atoms with E-state index in [9.17, 15) is 14.0 Å². The zero-order valence-electron chi connectivity index (χ0n) is 19.8. The van der Waals surface area contributed by atoms with Crippen LogP contribution in [0.15, 0.2) is 42.6 Å². The molecule has 2 aliphatic heterocycles. The molecule has 2 aromatic rings. The standard InChI is InChI=1S/C26H33FN4O2/c1-19(32)30-14-10-26(11-15-30,18-20-6-4-7-22(27)16-20)25(33)31-13-5-8-23(31)21-9-12-28-24(17-21)29(2)3/h4,6-7,9,12,16-17,23H,5,8,10-11,13-15,18H2,1-3H3. The van der Waals surface area contributed by atoms with Crippen LogP contribution in [-0.4, -0.2) is 60.3 Å². The number of hydrogen-bond acceptors (Lipinski definition) is 4. The lowest BCUT2D eigenvalue weighted by atomic mass is 9.72. The van der Waals surface area contributed by atoms with Gasteiger partial charge in [0.15, 0.2) is 0 Å². The van der Waals surface area contributed by atoms with Crippen LogP contribution in [0.25, 0.3) is 0 Å². The predicted molar refractivity (Wildman–Crippen MR) is 126 cm³/mol. The van der Waals surface area contributed by atoms with Crippen LogP contribution in [-0.2, 0) is 16.0 Å². The highest BCUT2D eigenvalue weighted by atomic mass is 19.1. The summed E-state index contributed by atoms with van der Waals surface area (Å²) in [4.78, 5) is 36.4. The Bertz CT molecular complexity index is 1020. The van der Waals surface area contributed by atoms with Crippen molar-refractivity contribution < 1.29 is 14.0 Å². The fourth-order valence-electron chi connectivity index (χ4n) is 5.30. The molecule has 7 heteroatoms. The number of anilines is 1. The van der Waals surface area contributed by atoms with E-state index in [0.29, 0.717) is 38.9 Å². The number of halogens is 1. The Kier molecular flexibility index (Phi) is 6.68. The third-order valence-electron chi connectivity index (χ3n) is 7.18. The molecule has 0 bridgehead atoms. The lowest BCUT2D eigenvalue weighted by Crippen LogP contribution is -2.52. The minimum atomic E-state index is -0.639. The maximum absolute atomic E-state index is 14.2. The van der Waals surface area contributed by atoms with E-state index >= 15 is 0 Å². The average Bonchev–Trinajstić information content (AvgIpc) is 3.29. The Labute approximate surface area is 195 Å². The highest BCUT2D eigenvalue weighted by molar-refractivity contribution is 5.84. The summed E-state index contributed by atoms with van der Waals surface area (Å²) >= 11 is 0. The van der Waals surface area contributed by atoms with Gasteiger partial charge in [0.1, 0.15) is 11.6 Å². The van der Waals surface area contributed by atoms with Crippen LogP contribution < -0.4 is 4.90 Å². The van der Waals surface area contributed by atoms with Gasteiger partial charge in [-0.1, -0.05) is 12.1 Å². The summed E-state index contributed by atoms with van der Waals surface area (Å²) < 4.78 is 13.9. The summed E-state index contributed by atoms with van der Waals surface area (Å²) in [6.07, 6.45) is 5.33. The summed E-state index contributed by atoms with van der Waals surface area (Å²) in [6, 6.07) is 10.6.